The summed E-state index contributed by atoms with van der Waals surface area (Å²) in [4.78, 5) is 0. The predicted molar refractivity (Wildman–Crippen MR) is 60.0 cm³/mol. The Balaban J connectivity index is 1.89. The number of nitrogens with two attached hydrogens (primary N) is 1. The van der Waals surface area contributed by atoms with Gasteiger partial charge in [0.2, 0.25) is 0 Å². The van der Waals surface area contributed by atoms with Crippen molar-refractivity contribution in [1.29, 1.82) is 0 Å². The first kappa shape index (κ1) is 9.46. The van der Waals surface area contributed by atoms with Crippen LogP contribution in [0.5, 0.6) is 0 Å². The molecule has 2 saturated carbocycles. The lowest BCUT2D eigenvalue weighted by Gasteiger charge is -2.26. The molecule has 0 heterocycles. The van der Waals surface area contributed by atoms with E-state index in [1.807, 2.05) is 0 Å². The zero-order chi connectivity index (χ0) is 10.6. The van der Waals surface area contributed by atoms with E-state index in [0.717, 1.165) is 17.6 Å². The highest BCUT2D eigenvalue weighted by atomic mass is 16.5. The molecule has 5 unspecified atom stereocenters. The summed E-state index contributed by atoms with van der Waals surface area (Å²) in [5.41, 5.74) is 7.55. The first-order valence-electron chi connectivity index (χ1n) is 5.93. The number of rotatable bonds is 2. The van der Waals surface area contributed by atoms with E-state index in [4.69, 9.17) is 10.5 Å². The van der Waals surface area contributed by atoms with E-state index in [2.05, 4.69) is 12.7 Å². The van der Waals surface area contributed by atoms with Crippen molar-refractivity contribution in [3.8, 4) is 0 Å². The number of allylic oxidation sites excluding steroid dienone is 2. The van der Waals surface area contributed by atoms with Crippen molar-refractivity contribution >= 4 is 0 Å². The average Bonchev–Trinajstić information content (AvgIpc) is 2.95. The van der Waals surface area contributed by atoms with Crippen LogP contribution >= 0.6 is 0 Å². The second-order valence-electron chi connectivity index (χ2n) is 5.24. The highest BCUT2D eigenvalue weighted by Gasteiger charge is 2.54. The number of methoxy groups -OCH3 is 1. The molecule has 0 aliphatic heterocycles. The summed E-state index contributed by atoms with van der Waals surface area (Å²) in [6.07, 6.45) is 6.16. The van der Waals surface area contributed by atoms with Crippen molar-refractivity contribution in [1.82, 2.24) is 0 Å². The fraction of sp³-hybridized carbons (Fsp3) is 0.692. The van der Waals surface area contributed by atoms with Gasteiger partial charge in [-0.25, -0.2) is 0 Å². The van der Waals surface area contributed by atoms with Crippen LogP contribution in [0.4, 0.5) is 0 Å². The third kappa shape index (κ3) is 1.27. The lowest BCUT2D eigenvalue weighted by molar-refractivity contribution is 0.284. The van der Waals surface area contributed by atoms with E-state index in [1.54, 1.807) is 7.11 Å². The van der Waals surface area contributed by atoms with Gasteiger partial charge in [-0.15, -0.1) is 0 Å². The number of fused-ring (bicyclic) bond motifs is 3. The highest BCUT2D eigenvalue weighted by Crippen LogP contribution is 2.60. The maximum Gasteiger partial charge on any atom is 0.114 e. The largest absolute Gasteiger partial charge is 0.497 e. The molecule has 82 valence electrons. The van der Waals surface area contributed by atoms with Crippen LogP contribution in [0.2, 0.25) is 0 Å². The normalized spacial score (nSPS) is 46.5. The summed E-state index contributed by atoms with van der Waals surface area (Å²) in [7, 11) is 1.72. The first-order valence-corrected chi connectivity index (χ1v) is 5.93. The number of hydrogen-bond donors (Lipinski definition) is 1. The smallest absolute Gasteiger partial charge is 0.114 e. The van der Waals surface area contributed by atoms with Gasteiger partial charge < -0.3 is 10.5 Å². The molecule has 0 radical (unpaired) electrons. The molecule has 5 atom stereocenters. The highest BCUT2D eigenvalue weighted by molar-refractivity contribution is 5.36. The molecule has 2 heteroatoms. The van der Waals surface area contributed by atoms with Gasteiger partial charge in [-0.3, -0.25) is 0 Å². The van der Waals surface area contributed by atoms with Crippen LogP contribution < -0.4 is 5.73 Å². The lowest BCUT2D eigenvalue weighted by Crippen LogP contribution is -2.31. The molecule has 3 aliphatic carbocycles. The Morgan fingerprint density at radius 1 is 1.53 bits per heavy atom. The summed E-state index contributed by atoms with van der Waals surface area (Å²) in [5.74, 6) is 3.87. The molecule has 0 aromatic carbocycles. The van der Waals surface area contributed by atoms with Crippen LogP contribution in [0.3, 0.4) is 0 Å². The van der Waals surface area contributed by atoms with Crippen LogP contribution in [0.15, 0.2) is 24.0 Å². The molecular formula is C13H19NO. The number of ether oxygens (including phenoxy) is 1. The van der Waals surface area contributed by atoms with Crippen LogP contribution in [-0.2, 0) is 4.74 Å². The molecular weight excluding hydrogens is 186 g/mol. The van der Waals surface area contributed by atoms with Crippen LogP contribution in [-0.4, -0.2) is 13.2 Å². The molecule has 2 N–H and O–H groups in total. The van der Waals surface area contributed by atoms with Crippen LogP contribution in [0, 0.1) is 23.7 Å². The molecule has 3 rings (SSSR count). The van der Waals surface area contributed by atoms with Crippen molar-refractivity contribution in [2.45, 2.75) is 25.3 Å². The third-order valence-corrected chi connectivity index (χ3v) is 4.52. The van der Waals surface area contributed by atoms with Crippen molar-refractivity contribution in [3.05, 3.63) is 24.0 Å². The summed E-state index contributed by atoms with van der Waals surface area (Å²) in [5, 5.41) is 0. The zero-order valence-electron chi connectivity index (χ0n) is 9.28. The van der Waals surface area contributed by atoms with Crippen molar-refractivity contribution in [2.24, 2.45) is 29.4 Å². The monoisotopic (exact) mass is 205 g/mol. The molecule has 0 saturated heterocycles. The summed E-state index contributed by atoms with van der Waals surface area (Å²) in [6.45, 7) is 3.99. The van der Waals surface area contributed by atoms with E-state index in [1.165, 1.54) is 24.8 Å². The van der Waals surface area contributed by atoms with Crippen molar-refractivity contribution in [2.75, 3.05) is 7.11 Å². The Kier molecular flexibility index (Phi) is 1.96. The van der Waals surface area contributed by atoms with E-state index < -0.39 is 0 Å². The quantitative estimate of drug-likeness (QED) is 0.700. The van der Waals surface area contributed by atoms with E-state index >= 15 is 0 Å². The van der Waals surface area contributed by atoms with Gasteiger partial charge in [-0.05, 0) is 48.5 Å². The van der Waals surface area contributed by atoms with E-state index in [9.17, 15) is 0 Å². The van der Waals surface area contributed by atoms with Crippen LogP contribution in [0.25, 0.3) is 0 Å². The van der Waals surface area contributed by atoms with Gasteiger partial charge in [-0.2, -0.15) is 0 Å². The molecule has 2 fully saturated rings. The van der Waals surface area contributed by atoms with Gasteiger partial charge in [0.15, 0.2) is 0 Å². The van der Waals surface area contributed by atoms with Crippen molar-refractivity contribution < 1.29 is 4.74 Å². The molecule has 0 spiro atoms. The minimum absolute atomic E-state index is 0.443. The standard InChI is InChI=1S/C13H19NO/c1-7(15-2)9-5-8-3-4-12(14)13(8)11-6-10(9)11/h5,8,10-13H,1,3-4,6,14H2,2H3. The van der Waals surface area contributed by atoms with E-state index in [0.29, 0.717) is 17.9 Å². The molecule has 0 amide bonds. The fourth-order valence-corrected chi connectivity index (χ4v) is 3.69. The third-order valence-electron chi connectivity index (χ3n) is 4.52. The molecule has 0 bridgehead atoms. The molecule has 3 aliphatic rings. The molecule has 0 aromatic heterocycles. The summed E-state index contributed by atoms with van der Waals surface area (Å²) < 4.78 is 5.27. The second kappa shape index (κ2) is 3.11. The maximum absolute atomic E-state index is 6.18. The molecule has 0 aromatic rings. The summed E-state index contributed by atoms with van der Waals surface area (Å²) >= 11 is 0. The fourth-order valence-electron chi connectivity index (χ4n) is 3.69. The molecule has 15 heavy (non-hydrogen) atoms. The SMILES string of the molecule is C=C(OC)C1=CC2CCC(N)C2C2CC12. The Hall–Kier alpha value is -0.760. The Labute approximate surface area is 91.2 Å². The number of hydrogen-bond acceptors (Lipinski definition) is 2. The van der Waals surface area contributed by atoms with Gasteiger partial charge in [0.1, 0.15) is 5.76 Å². The van der Waals surface area contributed by atoms with E-state index in [-0.39, 0.29) is 0 Å². The van der Waals surface area contributed by atoms with Gasteiger partial charge in [0.25, 0.3) is 0 Å². The predicted octanol–water partition coefficient (Wildman–Crippen LogP) is 2.08. The molecule has 2 nitrogen and oxygen atoms in total. The zero-order valence-corrected chi connectivity index (χ0v) is 9.28. The average molecular weight is 205 g/mol. The topological polar surface area (TPSA) is 35.2 Å². The lowest BCUT2D eigenvalue weighted by atomic mass is 9.81. The van der Waals surface area contributed by atoms with Gasteiger partial charge >= 0.3 is 0 Å². The van der Waals surface area contributed by atoms with Gasteiger partial charge in [0.05, 0.1) is 7.11 Å². The van der Waals surface area contributed by atoms with Crippen molar-refractivity contribution in [3.63, 3.8) is 0 Å². The minimum Gasteiger partial charge on any atom is -0.497 e. The first-order chi connectivity index (χ1) is 7.22. The summed E-state index contributed by atoms with van der Waals surface area (Å²) in [6, 6.07) is 0.443. The van der Waals surface area contributed by atoms with Gasteiger partial charge in [0, 0.05) is 6.04 Å². The van der Waals surface area contributed by atoms with Crippen LogP contribution in [0.1, 0.15) is 19.3 Å². The van der Waals surface area contributed by atoms with Gasteiger partial charge in [-0.1, -0.05) is 12.7 Å². The Morgan fingerprint density at radius 3 is 3.07 bits per heavy atom. The maximum atomic E-state index is 6.18. The Morgan fingerprint density at radius 2 is 2.33 bits per heavy atom. The minimum atomic E-state index is 0.443. The Bertz CT molecular complexity index is 333. The second-order valence-corrected chi connectivity index (χ2v) is 5.24.